The summed E-state index contributed by atoms with van der Waals surface area (Å²) < 4.78 is 1.44. The molecule has 0 aromatic heterocycles. The average molecular weight is 590 g/mol. The van der Waals surface area contributed by atoms with E-state index in [-0.39, 0.29) is 37.2 Å². The molecule has 3 aromatic rings. The van der Waals surface area contributed by atoms with Crippen molar-refractivity contribution in [2.45, 2.75) is 55.4 Å². The van der Waals surface area contributed by atoms with Crippen LogP contribution in [0.3, 0.4) is 0 Å². The van der Waals surface area contributed by atoms with E-state index in [1.54, 1.807) is 5.20 Å². The fourth-order valence-corrected chi connectivity index (χ4v) is 13.0. The molecule has 1 aliphatic carbocycles. The maximum absolute atomic E-state index is 2.52. The molecule has 0 saturated heterocycles. The molecule has 0 fully saturated rings. The van der Waals surface area contributed by atoms with Crippen LogP contribution in [0.2, 0.25) is 0 Å². The quantitative estimate of drug-likeness (QED) is 0.224. The van der Waals surface area contributed by atoms with Gasteiger partial charge in [-0.3, -0.25) is 0 Å². The van der Waals surface area contributed by atoms with Gasteiger partial charge >= 0.3 is 214 Å². The first-order valence-electron chi connectivity index (χ1n) is 11.9. The van der Waals surface area contributed by atoms with Gasteiger partial charge in [-0.2, -0.15) is 0 Å². The summed E-state index contributed by atoms with van der Waals surface area (Å²) >= 11 is 2.29. The number of hydrogen-bond donors (Lipinski definition) is 0. The van der Waals surface area contributed by atoms with E-state index >= 15 is 0 Å². The second-order valence-corrected chi connectivity index (χ2v) is 14.9. The molecule has 188 valence electrons. The third kappa shape index (κ3) is 5.98. The first-order valence-corrected chi connectivity index (χ1v) is 14.7. The standard InChI is InChI=1S/C31H35Si.3ClH.Ti/c1-20-11-21(2)15-28(14-20)32(31-26(7)9-10-27(31)8,29-16-22(3)12-23(4)17-29)30-18-24(5)13-25(6)19-30;;;;/h9,11-19,26H,1-8H3;3*1H;/q;;;;+3/p-3. The minimum absolute atomic E-state index is 0. The van der Waals surface area contributed by atoms with Gasteiger partial charge in [-0.25, -0.2) is 0 Å². The van der Waals surface area contributed by atoms with Crippen LogP contribution in [0.1, 0.15) is 47.2 Å². The van der Waals surface area contributed by atoms with Crippen molar-refractivity contribution in [1.82, 2.24) is 0 Å². The predicted octanol–water partition coefficient (Wildman–Crippen LogP) is -3.04. The van der Waals surface area contributed by atoms with Gasteiger partial charge in [0.25, 0.3) is 0 Å². The Morgan fingerprint density at radius 2 is 0.806 bits per heavy atom. The SMILES string of the molecule is CC1=C([Si](c2cc(C)cc(C)c2)(c2cc(C)cc(C)c2)c2cc(C)cc(C)c2)C(C)C=[C]1[Ti+3].[Cl-].[Cl-].[Cl-]. The van der Waals surface area contributed by atoms with E-state index in [2.05, 4.69) is 136 Å². The van der Waals surface area contributed by atoms with Crippen LogP contribution >= 0.6 is 0 Å². The molecule has 5 heteroatoms. The Morgan fingerprint density at radius 3 is 1.03 bits per heavy atom. The molecule has 3 aromatic carbocycles. The van der Waals surface area contributed by atoms with Gasteiger partial charge in [-0.15, -0.1) is 0 Å². The van der Waals surface area contributed by atoms with Gasteiger partial charge in [0.05, 0.1) is 0 Å². The molecular formula is C31H35Cl3SiTi. The summed E-state index contributed by atoms with van der Waals surface area (Å²) in [5.74, 6) is 0.430. The van der Waals surface area contributed by atoms with Gasteiger partial charge in [0.1, 0.15) is 0 Å². The molecule has 0 nitrogen and oxygen atoms in total. The van der Waals surface area contributed by atoms with Crippen molar-refractivity contribution in [2.75, 3.05) is 0 Å². The van der Waals surface area contributed by atoms with Gasteiger partial charge in [0.2, 0.25) is 0 Å². The number of rotatable bonds is 4. The van der Waals surface area contributed by atoms with E-state index in [9.17, 15) is 0 Å². The maximum Gasteiger partial charge on any atom is -1.00 e. The molecule has 4 rings (SSSR count). The van der Waals surface area contributed by atoms with Crippen molar-refractivity contribution < 1.29 is 57.7 Å². The van der Waals surface area contributed by atoms with Crippen molar-refractivity contribution in [3.63, 3.8) is 0 Å². The number of benzene rings is 3. The predicted molar refractivity (Wildman–Crippen MR) is 142 cm³/mol. The van der Waals surface area contributed by atoms with Crippen LogP contribution in [0.15, 0.2) is 75.3 Å². The van der Waals surface area contributed by atoms with Gasteiger partial charge in [0, 0.05) is 0 Å². The van der Waals surface area contributed by atoms with Gasteiger partial charge < -0.3 is 37.2 Å². The second kappa shape index (κ2) is 12.7. The van der Waals surface area contributed by atoms with Gasteiger partial charge in [-0.1, -0.05) is 0 Å². The van der Waals surface area contributed by atoms with Crippen LogP contribution in [-0.4, -0.2) is 8.07 Å². The first kappa shape index (κ1) is 33.0. The number of halogens is 3. The molecule has 0 bridgehead atoms. The van der Waals surface area contributed by atoms with Crippen molar-refractivity contribution in [3.8, 4) is 0 Å². The Kier molecular flexibility index (Phi) is 11.6. The third-order valence-corrected chi connectivity index (χ3v) is 13.0. The summed E-state index contributed by atoms with van der Waals surface area (Å²) in [4.78, 5) is 0. The van der Waals surface area contributed by atoms with Crippen LogP contribution in [-0.2, 0) is 20.4 Å². The number of hydrogen-bond acceptors (Lipinski definition) is 0. The smallest absolute Gasteiger partial charge is 1.00 e. The largest absolute Gasteiger partial charge is 1.00 e. The topological polar surface area (TPSA) is 0 Å². The average Bonchev–Trinajstić information content (AvgIpc) is 2.93. The summed E-state index contributed by atoms with van der Waals surface area (Å²) in [5, 5.41) is 6.19. The van der Waals surface area contributed by atoms with Crippen LogP contribution in [0, 0.1) is 47.5 Å². The fourth-order valence-electron chi connectivity index (χ4n) is 6.11. The summed E-state index contributed by atoms with van der Waals surface area (Å²) in [5.41, 5.74) is 9.60. The molecule has 36 heavy (non-hydrogen) atoms. The Bertz CT molecular complexity index is 1140. The molecule has 0 aliphatic heterocycles. The van der Waals surface area contributed by atoms with Gasteiger partial charge in [0.15, 0.2) is 0 Å². The zero-order chi connectivity index (χ0) is 24.1. The van der Waals surface area contributed by atoms with E-state index in [0.717, 1.165) is 0 Å². The normalized spacial score (nSPS) is 15.1. The summed E-state index contributed by atoms with van der Waals surface area (Å²) in [6.45, 7) is 18.3. The van der Waals surface area contributed by atoms with Crippen LogP contribution in [0.4, 0.5) is 0 Å². The zero-order valence-corrected chi connectivity index (χ0v) is 27.3. The minimum atomic E-state index is -2.52. The molecule has 0 heterocycles. The molecule has 0 saturated carbocycles. The monoisotopic (exact) mass is 588 g/mol. The molecule has 0 radical (unpaired) electrons. The van der Waals surface area contributed by atoms with E-state index in [1.165, 1.54) is 58.4 Å². The molecule has 0 amide bonds. The van der Waals surface area contributed by atoms with E-state index < -0.39 is 8.07 Å². The van der Waals surface area contributed by atoms with Crippen LogP contribution in [0.5, 0.6) is 0 Å². The van der Waals surface area contributed by atoms with Crippen molar-refractivity contribution in [1.29, 1.82) is 0 Å². The Hall–Kier alpha value is -1.06. The fraction of sp³-hybridized carbons (Fsp3) is 0.290. The molecule has 1 atom stereocenters. The first-order chi connectivity index (χ1) is 15.5. The zero-order valence-electron chi connectivity index (χ0n) is 22.5. The minimum Gasteiger partial charge on any atom is -1.00 e. The number of allylic oxidation sites excluding steroid dienone is 4. The molecule has 1 unspecified atom stereocenters. The molecular weight excluding hydrogens is 555 g/mol. The van der Waals surface area contributed by atoms with E-state index in [0.29, 0.717) is 5.92 Å². The van der Waals surface area contributed by atoms with E-state index in [1.807, 2.05) is 0 Å². The van der Waals surface area contributed by atoms with Crippen molar-refractivity contribution in [2.24, 2.45) is 5.92 Å². The summed E-state index contributed by atoms with van der Waals surface area (Å²) in [6, 6.07) is 21.8. The second-order valence-electron chi connectivity index (χ2n) is 10.3. The van der Waals surface area contributed by atoms with Crippen LogP contribution in [0.25, 0.3) is 0 Å². The van der Waals surface area contributed by atoms with Gasteiger partial charge in [-0.05, 0) is 0 Å². The Morgan fingerprint density at radius 1 is 0.528 bits per heavy atom. The van der Waals surface area contributed by atoms with Crippen LogP contribution < -0.4 is 52.8 Å². The maximum atomic E-state index is 2.49. The van der Waals surface area contributed by atoms with E-state index in [4.69, 9.17) is 0 Å². The van der Waals surface area contributed by atoms with Crippen molar-refractivity contribution in [3.05, 3.63) is 109 Å². The Labute approximate surface area is 249 Å². The Balaban J connectivity index is 0.00000216. The molecule has 1 aliphatic rings. The molecule has 0 spiro atoms. The summed E-state index contributed by atoms with van der Waals surface area (Å²) in [7, 11) is -2.52. The van der Waals surface area contributed by atoms with Crippen molar-refractivity contribution >= 4 is 23.6 Å². The molecule has 0 N–H and O–H groups in total. The third-order valence-electron chi connectivity index (χ3n) is 7.05. The number of aryl methyl sites for hydroxylation is 6. The summed E-state index contributed by atoms with van der Waals surface area (Å²) in [6.07, 6.45) is 2.49.